The summed E-state index contributed by atoms with van der Waals surface area (Å²) in [5.74, 6) is 0.383. The molecular formula is C22H28ClNO2. The fraction of sp³-hybridized carbons (Fsp3) is 0.409. The molecular weight excluding hydrogens is 346 g/mol. The lowest BCUT2D eigenvalue weighted by Crippen LogP contribution is -2.40. The number of halogens is 1. The first-order chi connectivity index (χ1) is 12.6. The molecule has 0 amide bonds. The minimum atomic E-state index is -0.775. The van der Waals surface area contributed by atoms with E-state index >= 15 is 0 Å². The predicted molar refractivity (Wildman–Crippen MR) is 108 cm³/mol. The molecule has 2 aromatic carbocycles. The van der Waals surface area contributed by atoms with Crippen molar-refractivity contribution in [1.82, 2.24) is 4.90 Å². The maximum atomic E-state index is 13.3. The number of benzene rings is 2. The molecule has 0 aliphatic heterocycles. The maximum Gasteiger partial charge on any atom is 0.321 e. The monoisotopic (exact) mass is 373 g/mol. The Bertz CT molecular complexity index is 621. The number of rotatable bonds is 10. The van der Waals surface area contributed by atoms with Gasteiger partial charge in [-0.15, -0.1) is 11.6 Å². The molecule has 0 fully saturated rings. The van der Waals surface area contributed by atoms with E-state index in [4.69, 9.17) is 16.3 Å². The Morgan fingerprint density at radius 1 is 1.00 bits per heavy atom. The standard InChI is InChI=1S/C22H28ClNO2/c1-3-14-22(19-10-6-4-7-11-19,20-12-8-5-9-13-20)21(25)26-18-17-24(2)16-15-23/h4-13H,3,14-18H2,1-2H3. The largest absolute Gasteiger partial charge is 0.463 e. The molecule has 140 valence electrons. The van der Waals surface area contributed by atoms with Crippen LogP contribution in [-0.4, -0.2) is 43.5 Å². The van der Waals surface area contributed by atoms with Crippen LogP contribution in [0.1, 0.15) is 30.9 Å². The molecule has 0 N–H and O–H groups in total. The third kappa shape index (κ3) is 4.87. The fourth-order valence-electron chi connectivity index (χ4n) is 3.29. The Kier molecular flexibility index (Phi) is 8.14. The highest BCUT2D eigenvalue weighted by Crippen LogP contribution is 2.38. The lowest BCUT2D eigenvalue weighted by Gasteiger charge is -2.33. The van der Waals surface area contributed by atoms with Gasteiger partial charge >= 0.3 is 5.97 Å². The molecule has 0 spiro atoms. The summed E-state index contributed by atoms with van der Waals surface area (Å²) >= 11 is 5.76. The molecule has 0 bridgehead atoms. The normalized spacial score (nSPS) is 11.5. The van der Waals surface area contributed by atoms with Crippen LogP contribution in [0.4, 0.5) is 0 Å². The third-order valence-corrected chi connectivity index (χ3v) is 4.85. The topological polar surface area (TPSA) is 29.5 Å². The Hall–Kier alpha value is -1.84. The summed E-state index contributed by atoms with van der Waals surface area (Å²) in [4.78, 5) is 15.4. The van der Waals surface area contributed by atoms with Crippen LogP contribution >= 0.6 is 11.6 Å². The number of esters is 1. The van der Waals surface area contributed by atoms with Crippen molar-refractivity contribution in [3.05, 3.63) is 71.8 Å². The van der Waals surface area contributed by atoms with Crippen LogP contribution in [-0.2, 0) is 14.9 Å². The molecule has 2 rings (SSSR count). The number of carbonyl (C=O) groups is 1. The van der Waals surface area contributed by atoms with E-state index in [1.54, 1.807) is 0 Å². The number of likely N-dealkylation sites (N-methyl/N-ethyl adjacent to an activating group) is 1. The molecule has 0 atom stereocenters. The summed E-state index contributed by atoms with van der Waals surface area (Å²) in [5.41, 5.74) is 1.18. The molecule has 0 saturated heterocycles. The molecule has 2 aromatic rings. The zero-order chi connectivity index (χ0) is 18.8. The molecule has 0 aliphatic rings. The summed E-state index contributed by atoms with van der Waals surface area (Å²) in [6.07, 6.45) is 1.59. The van der Waals surface area contributed by atoms with Crippen molar-refractivity contribution in [2.45, 2.75) is 25.2 Å². The van der Waals surface area contributed by atoms with Crippen LogP contribution in [0.25, 0.3) is 0 Å². The van der Waals surface area contributed by atoms with E-state index in [0.717, 1.165) is 24.1 Å². The van der Waals surface area contributed by atoms with Crippen LogP contribution in [0.15, 0.2) is 60.7 Å². The first-order valence-electron chi connectivity index (χ1n) is 9.18. The Labute approximate surface area is 161 Å². The van der Waals surface area contributed by atoms with Crippen molar-refractivity contribution < 1.29 is 9.53 Å². The molecule has 26 heavy (non-hydrogen) atoms. The SMILES string of the molecule is CCCC(C(=O)OCCN(C)CCCl)(c1ccccc1)c1ccccc1. The van der Waals surface area contributed by atoms with Gasteiger partial charge in [0.05, 0.1) is 0 Å². The second-order valence-electron chi connectivity index (χ2n) is 6.52. The van der Waals surface area contributed by atoms with E-state index in [9.17, 15) is 4.79 Å². The molecule has 0 aliphatic carbocycles. The number of nitrogens with zero attached hydrogens (tertiary/aromatic N) is 1. The highest BCUT2D eigenvalue weighted by Gasteiger charge is 2.42. The zero-order valence-electron chi connectivity index (χ0n) is 15.7. The van der Waals surface area contributed by atoms with Crippen molar-refractivity contribution >= 4 is 17.6 Å². The Morgan fingerprint density at radius 2 is 1.54 bits per heavy atom. The Balaban J connectivity index is 2.32. The summed E-state index contributed by atoms with van der Waals surface area (Å²) in [6.45, 7) is 3.90. The number of hydrogen-bond donors (Lipinski definition) is 0. The smallest absolute Gasteiger partial charge is 0.321 e. The Morgan fingerprint density at radius 3 is 2.00 bits per heavy atom. The first kappa shape index (κ1) is 20.5. The van der Waals surface area contributed by atoms with E-state index in [-0.39, 0.29) is 5.97 Å². The zero-order valence-corrected chi connectivity index (χ0v) is 16.4. The van der Waals surface area contributed by atoms with Gasteiger partial charge in [-0.25, -0.2) is 0 Å². The van der Waals surface area contributed by atoms with Gasteiger partial charge < -0.3 is 9.64 Å². The van der Waals surface area contributed by atoms with Crippen LogP contribution in [0.5, 0.6) is 0 Å². The number of hydrogen-bond acceptors (Lipinski definition) is 3. The quantitative estimate of drug-likeness (QED) is 0.454. The van der Waals surface area contributed by atoms with Gasteiger partial charge in [0, 0.05) is 19.0 Å². The summed E-state index contributed by atoms with van der Waals surface area (Å²) in [5, 5.41) is 0. The average molecular weight is 374 g/mol. The van der Waals surface area contributed by atoms with Crippen LogP contribution in [0.3, 0.4) is 0 Å². The molecule has 0 aromatic heterocycles. The molecule has 0 saturated carbocycles. The molecule has 3 nitrogen and oxygen atoms in total. The second-order valence-corrected chi connectivity index (χ2v) is 6.89. The summed E-state index contributed by atoms with van der Waals surface area (Å²) in [7, 11) is 1.98. The number of alkyl halides is 1. The van der Waals surface area contributed by atoms with Crippen molar-refractivity contribution in [2.75, 3.05) is 32.6 Å². The van der Waals surface area contributed by atoms with Crippen molar-refractivity contribution in [1.29, 1.82) is 0 Å². The van der Waals surface area contributed by atoms with Crippen LogP contribution in [0, 0.1) is 0 Å². The third-order valence-electron chi connectivity index (χ3n) is 4.68. The van der Waals surface area contributed by atoms with Gasteiger partial charge in [-0.2, -0.15) is 0 Å². The number of carbonyl (C=O) groups excluding carboxylic acids is 1. The number of ether oxygens (including phenoxy) is 1. The molecule has 0 unspecified atom stereocenters. The average Bonchev–Trinajstić information content (AvgIpc) is 2.67. The molecule has 4 heteroatoms. The van der Waals surface area contributed by atoms with Gasteiger partial charge in [-0.3, -0.25) is 4.79 Å². The van der Waals surface area contributed by atoms with Gasteiger partial charge in [-0.05, 0) is 24.6 Å². The lowest BCUT2D eigenvalue weighted by atomic mass is 9.71. The highest BCUT2D eigenvalue weighted by atomic mass is 35.5. The maximum absolute atomic E-state index is 13.3. The minimum Gasteiger partial charge on any atom is -0.463 e. The molecule has 0 radical (unpaired) electrons. The van der Waals surface area contributed by atoms with Gasteiger partial charge in [0.15, 0.2) is 0 Å². The van der Waals surface area contributed by atoms with E-state index in [2.05, 4.69) is 11.8 Å². The van der Waals surface area contributed by atoms with Gasteiger partial charge in [0.25, 0.3) is 0 Å². The minimum absolute atomic E-state index is 0.184. The summed E-state index contributed by atoms with van der Waals surface area (Å²) in [6, 6.07) is 19.9. The van der Waals surface area contributed by atoms with E-state index < -0.39 is 5.41 Å². The predicted octanol–water partition coefficient (Wildman–Crippen LogP) is 4.49. The van der Waals surface area contributed by atoms with E-state index in [0.29, 0.717) is 25.5 Å². The van der Waals surface area contributed by atoms with Gasteiger partial charge in [-0.1, -0.05) is 74.0 Å². The van der Waals surface area contributed by atoms with E-state index in [1.807, 2.05) is 67.7 Å². The van der Waals surface area contributed by atoms with Crippen molar-refractivity contribution in [2.24, 2.45) is 0 Å². The van der Waals surface area contributed by atoms with Crippen molar-refractivity contribution in [3.8, 4) is 0 Å². The van der Waals surface area contributed by atoms with Crippen LogP contribution < -0.4 is 0 Å². The van der Waals surface area contributed by atoms with E-state index in [1.165, 1.54) is 0 Å². The lowest BCUT2D eigenvalue weighted by molar-refractivity contribution is -0.149. The van der Waals surface area contributed by atoms with Gasteiger partial charge in [0.1, 0.15) is 12.0 Å². The molecule has 0 heterocycles. The highest BCUT2D eigenvalue weighted by molar-refractivity contribution is 6.18. The van der Waals surface area contributed by atoms with Crippen LogP contribution in [0.2, 0.25) is 0 Å². The first-order valence-corrected chi connectivity index (χ1v) is 9.71. The second kappa shape index (κ2) is 10.3. The van der Waals surface area contributed by atoms with Gasteiger partial charge in [0.2, 0.25) is 0 Å². The summed E-state index contributed by atoms with van der Waals surface area (Å²) < 4.78 is 5.76. The fourth-order valence-corrected chi connectivity index (χ4v) is 3.58. The van der Waals surface area contributed by atoms with Crippen molar-refractivity contribution in [3.63, 3.8) is 0 Å².